The predicted octanol–water partition coefficient (Wildman–Crippen LogP) is 3.07. The van der Waals surface area contributed by atoms with Crippen LogP contribution in [0.15, 0.2) is 24.4 Å². The summed E-state index contributed by atoms with van der Waals surface area (Å²) < 4.78 is 0. The van der Waals surface area contributed by atoms with E-state index < -0.39 is 0 Å². The second-order valence-electron chi connectivity index (χ2n) is 4.81. The Morgan fingerprint density at radius 2 is 2.21 bits per heavy atom. The summed E-state index contributed by atoms with van der Waals surface area (Å²) in [5.41, 5.74) is 2.22. The number of urea groups is 1. The van der Waals surface area contributed by atoms with Gasteiger partial charge in [0.25, 0.3) is 0 Å². The molecule has 0 saturated carbocycles. The summed E-state index contributed by atoms with van der Waals surface area (Å²) in [7, 11) is 0. The van der Waals surface area contributed by atoms with Gasteiger partial charge >= 0.3 is 6.03 Å². The van der Waals surface area contributed by atoms with Gasteiger partial charge in [-0.3, -0.25) is 0 Å². The lowest BCUT2D eigenvalue weighted by molar-refractivity contribution is 0.238. The molecule has 1 heterocycles. The highest BCUT2D eigenvalue weighted by Crippen LogP contribution is 2.22. The van der Waals surface area contributed by atoms with Crippen molar-refractivity contribution in [2.45, 2.75) is 26.3 Å². The fraction of sp³-hybridized carbons (Fsp3) is 0.357. The average Bonchev–Trinajstić information content (AvgIpc) is 2.71. The number of hydrogen-bond acceptors (Lipinski definition) is 1. The molecular weight excluding hydrogens is 262 g/mol. The van der Waals surface area contributed by atoms with E-state index in [9.17, 15) is 4.79 Å². The van der Waals surface area contributed by atoms with Crippen LogP contribution in [0.25, 0.3) is 10.9 Å². The van der Waals surface area contributed by atoms with E-state index in [-0.39, 0.29) is 12.1 Å². The SMILES string of the molecule is CC(C)NC(=O)NCCc1c[nH]c2ccc(Cl)cc12. The molecule has 0 spiro atoms. The Kier molecular flexibility index (Phi) is 4.32. The summed E-state index contributed by atoms with van der Waals surface area (Å²) in [5.74, 6) is 0. The molecule has 1 aromatic carbocycles. The Labute approximate surface area is 117 Å². The van der Waals surface area contributed by atoms with Crippen molar-refractivity contribution in [1.82, 2.24) is 15.6 Å². The molecule has 0 aliphatic carbocycles. The summed E-state index contributed by atoms with van der Waals surface area (Å²) >= 11 is 6.00. The maximum absolute atomic E-state index is 11.4. The highest BCUT2D eigenvalue weighted by molar-refractivity contribution is 6.31. The van der Waals surface area contributed by atoms with Crippen molar-refractivity contribution < 1.29 is 4.79 Å². The lowest BCUT2D eigenvalue weighted by Gasteiger charge is -2.09. The van der Waals surface area contributed by atoms with Gasteiger partial charge in [-0.15, -0.1) is 0 Å². The molecule has 2 rings (SSSR count). The summed E-state index contributed by atoms with van der Waals surface area (Å²) in [6, 6.07) is 5.77. The van der Waals surface area contributed by atoms with Crippen LogP contribution in [-0.2, 0) is 6.42 Å². The van der Waals surface area contributed by atoms with E-state index >= 15 is 0 Å². The van der Waals surface area contributed by atoms with Gasteiger partial charge in [0.2, 0.25) is 0 Å². The van der Waals surface area contributed by atoms with Crippen LogP contribution in [0.2, 0.25) is 5.02 Å². The molecule has 0 unspecified atom stereocenters. The molecule has 4 nitrogen and oxygen atoms in total. The average molecular weight is 280 g/mol. The Hall–Kier alpha value is -1.68. The number of nitrogens with one attached hydrogen (secondary N) is 3. The van der Waals surface area contributed by atoms with Gasteiger partial charge in [-0.05, 0) is 44.0 Å². The van der Waals surface area contributed by atoms with Crippen molar-refractivity contribution in [3.05, 3.63) is 35.0 Å². The minimum Gasteiger partial charge on any atom is -0.361 e. The van der Waals surface area contributed by atoms with Crippen molar-refractivity contribution in [3.8, 4) is 0 Å². The van der Waals surface area contributed by atoms with Crippen LogP contribution < -0.4 is 10.6 Å². The van der Waals surface area contributed by atoms with Crippen molar-refractivity contribution in [2.24, 2.45) is 0 Å². The molecule has 5 heteroatoms. The first-order chi connectivity index (χ1) is 9.06. The maximum atomic E-state index is 11.4. The summed E-state index contributed by atoms with van der Waals surface area (Å²) in [6.45, 7) is 4.46. The molecule has 102 valence electrons. The van der Waals surface area contributed by atoms with Crippen LogP contribution in [0.3, 0.4) is 0 Å². The molecule has 0 bridgehead atoms. The lowest BCUT2D eigenvalue weighted by atomic mass is 10.1. The molecule has 0 atom stereocenters. The van der Waals surface area contributed by atoms with Crippen molar-refractivity contribution in [1.29, 1.82) is 0 Å². The molecule has 19 heavy (non-hydrogen) atoms. The lowest BCUT2D eigenvalue weighted by Crippen LogP contribution is -2.40. The Morgan fingerprint density at radius 1 is 1.42 bits per heavy atom. The zero-order valence-corrected chi connectivity index (χ0v) is 11.8. The molecular formula is C14H18ClN3O. The second-order valence-corrected chi connectivity index (χ2v) is 5.25. The highest BCUT2D eigenvalue weighted by Gasteiger charge is 2.06. The number of amides is 2. The third-order valence-corrected chi connectivity index (χ3v) is 3.06. The molecule has 2 amide bonds. The Bertz CT molecular complexity index is 577. The van der Waals surface area contributed by atoms with Crippen LogP contribution in [0.4, 0.5) is 4.79 Å². The van der Waals surface area contributed by atoms with Gasteiger partial charge in [-0.25, -0.2) is 4.79 Å². The van der Waals surface area contributed by atoms with Crippen molar-refractivity contribution in [3.63, 3.8) is 0 Å². The maximum Gasteiger partial charge on any atom is 0.314 e. The first-order valence-electron chi connectivity index (χ1n) is 6.36. The fourth-order valence-electron chi connectivity index (χ4n) is 1.98. The van der Waals surface area contributed by atoms with E-state index in [1.807, 2.05) is 38.2 Å². The number of aromatic amines is 1. The van der Waals surface area contributed by atoms with E-state index in [1.54, 1.807) is 0 Å². The number of rotatable bonds is 4. The van der Waals surface area contributed by atoms with E-state index in [0.717, 1.165) is 27.9 Å². The quantitative estimate of drug-likeness (QED) is 0.791. The third kappa shape index (κ3) is 3.64. The molecule has 3 N–H and O–H groups in total. The van der Waals surface area contributed by atoms with Gasteiger partial charge < -0.3 is 15.6 Å². The number of halogens is 1. The van der Waals surface area contributed by atoms with E-state index in [0.29, 0.717) is 6.54 Å². The van der Waals surface area contributed by atoms with Crippen LogP contribution in [-0.4, -0.2) is 23.6 Å². The first-order valence-corrected chi connectivity index (χ1v) is 6.74. The number of aromatic nitrogens is 1. The molecule has 2 aromatic rings. The fourth-order valence-corrected chi connectivity index (χ4v) is 2.15. The topological polar surface area (TPSA) is 56.9 Å². The van der Waals surface area contributed by atoms with E-state index in [4.69, 9.17) is 11.6 Å². The number of H-pyrrole nitrogens is 1. The molecule has 0 aliphatic heterocycles. The minimum atomic E-state index is -0.132. The van der Waals surface area contributed by atoms with Gasteiger partial charge in [0.1, 0.15) is 0 Å². The van der Waals surface area contributed by atoms with Crippen molar-refractivity contribution in [2.75, 3.05) is 6.54 Å². The summed E-state index contributed by atoms with van der Waals surface area (Å²) in [4.78, 5) is 14.6. The molecule has 0 radical (unpaired) electrons. The highest BCUT2D eigenvalue weighted by atomic mass is 35.5. The number of carbonyl (C=O) groups excluding carboxylic acids is 1. The number of carbonyl (C=O) groups is 1. The van der Waals surface area contributed by atoms with Crippen molar-refractivity contribution >= 4 is 28.5 Å². The predicted molar refractivity (Wildman–Crippen MR) is 78.7 cm³/mol. The zero-order valence-electron chi connectivity index (χ0n) is 11.1. The third-order valence-electron chi connectivity index (χ3n) is 2.83. The largest absolute Gasteiger partial charge is 0.361 e. The second kappa shape index (κ2) is 5.97. The normalized spacial score (nSPS) is 10.9. The number of hydrogen-bond donors (Lipinski definition) is 3. The Morgan fingerprint density at radius 3 is 2.95 bits per heavy atom. The molecule has 0 fully saturated rings. The molecule has 0 aliphatic rings. The molecule has 0 saturated heterocycles. The van der Waals surface area contributed by atoms with Gasteiger partial charge in [0.15, 0.2) is 0 Å². The number of benzene rings is 1. The zero-order chi connectivity index (χ0) is 13.8. The van der Waals surface area contributed by atoms with E-state index in [1.165, 1.54) is 0 Å². The smallest absolute Gasteiger partial charge is 0.314 e. The van der Waals surface area contributed by atoms with Crippen LogP contribution in [0.5, 0.6) is 0 Å². The Balaban J connectivity index is 1.95. The van der Waals surface area contributed by atoms with Crippen LogP contribution in [0, 0.1) is 0 Å². The summed E-state index contributed by atoms with van der Waals surface area (Å²) in [5, 5.41) is 7.46. The molecule has 1 aromatic heterocycles. The van der Waals surface area contributed by atoms with Gasteiger partial charge in [0, 0.05) is 34.7 Å². The summed E-state index contributed by atoms with van der Waals surface area (Å²) in [6.07, 6.45) is 2.73. The van der Waals surface area contributed by atoms with Gasteiger partial charge in [-0.2, -0.15) is 0 Å². The number of fused-ring (bicyclic) bond motifs is 1. The standard InChI is InChI=1S/C14H18ClN3O/c1-9(2)18-14(19)16-6-5-10-8-17-13-4-3-11(15)7-12(10)13/h3-4,7-9,17H,5-6H2,1-2H3,(H2,16,18,19). The monoisotopic (exact) mass is 279 g/mol. The van der Waals surface area contributed by atoms with Gasteiger partial charge in [-0.1, -0.05) is 11.6 Å². The van der Waals surface area contributed by atoms with Gasteiger partial charge in [0.05, 0.1) is 0 Å². The van der Waals surface area contributed by atoms with E-state index in [2.05, 4.69) is 15.6 Å². The van der Waals surface area contributed by atoms with Crippen LogP contribution in [0.1, 0.15) is 19.4 Å². The van der Waals surface area contributed by atoms with Crippen LogP contribution >= 0.6 is 11.6 Å². The first kappa shape index (κ1) is 13.7. The minimum absolute atomic E-state index is 0.132.